The number of carboxylic acid groups (broad SMARTS) is 1. The van der Waals surface area contributed by atoms with Gasteiger partial charge in [0.1, 0.15) is 28.7 Å². The standard InChI is InChI=1S/C21H23F6N5O3.C15H18F3NO4.C6H7F3N4.BH2O/c1-20(2,3)35-19(34)28-12(6-11-7-14(23)15(24)9-13(11)22)8-17(33)31-4-5-32-16(10-31)29-30-18(32)21(25,26)27;1-15(2,3)23-14(22)19-9(6-13(20)21)4-8-5-11(17)12(18)7-10(8)16;7-6(8,9)5-12-11-4-3-10-1-2-13(4)5;1-2/h7,9,12H,4-6,8,10H2,1-3H3,(H,28,34);5,7,9H,4,6H2,1-3H3,(H,19,22)(H,20,21);10H,1-3H2;1-2H/t12-;9-;;/m11../s1/i;;;1T. The average Bonchev–Trinajstić information content (AvgIpc) is 3.89. The lowest BCUT2D eigenvalue weighted by atomic mass is 10.0. The number of rotatable bonds is 10. The number of benzene rings is 2. The fraction of sp³-hybridized carbons (Fsp3) is 0.524. The Hall–Kier alpha value is -6.66. The van der Waals surface area contributed by atoms with E-state index in [9.17, 15) is 71.9 Å². The molecule has 2 aliphatic rings. The minimum absolute atomic E-state index is 0.0692. The molecule has 4 aromatic rings. The molecule has 0 saturated heterocycles. The van der Waals surface area contributed by atoms with Gasteiger partial charge in [0.15, 0.2) is 29.1 Å². The first-order chi connectivity index (χ1) is 34.1. The summed E-state index contributed by atoms with van der Waals surface area (Å²) in [4.78, 5) is 48.9. The van der Waals surface area contributed by atoms with Crippen molar-refractivity contribution in [2.45, 2.75) is 129 Å². The molecule has 2 atom stereocenters. The number of halogens is 12. The molecule has 2 aromatic heterocycles. The average molecular weight is 1060 g/mol. The van der Waals surface area contributed by atoms with Gasteiger partial charge < -0.3 is 49.6 Å². The number of alkyl carbamates (subject to hydrolysis) is 2. The van der Waals surface area contributed by atoms with Gasteiger partial charge in [0.2, 0.25) is 17.6 Å². The van der Waals surface area contributed by atoms with Crippen LogP contribution in [0.5, 0.6) is 0 Å². The molecular formula is C42H50BF12N10O8. The third kappa shape index (κ3) is 19.0. The summed E-state index contributed by atoms with van der Waals surface area (Å²) in [6.45, 7) is 10.2. The quantitative estimate of drug-likeness (QED) is 0.0721. The Bertz CT molecular complexity index is 2580. The van der Waals surface area contributed by atoms with Crippen molar-refractivity contribution >= 4 is 32.1 Å². The molecule has 0 saturated carbocycles. The van der Waals surface area contributed by atoms with E-state index in [0.29, 0.717) is 43.2 Å². The summed E-state index contributed by atoms with van der Waals surface area (Å²) in [6, 6.07) is -0.149. The van der Waals surface area contributed by atoms with Gasteiger partial charge in [-0.05, 0) is 77.6 Å². The van der Waals surface area contributed by atoms with Crippen LogP contribution < -0.4 is 16.0 Å². The lowest BCUT2D eigenvalue weighted by Crippen LogP contribution is -2.45. The molecular weight excluding hydrogens is 1010 g/mol. The molecule has 0 aliphatic carbocycles. The van der Waals surface area contributed by atoms with E-state index in [2.05, 4.69) is 36.3 Å². The summed E-state index contributed by atoms with van der Waals surface area (Å²) in [7, 11) is 0.250. The minimum atomic E-state index is -4.70. The predicted molar refractivity (Wildman–Crippen MR) is 230 cm³/mol. The summed E-state index contributed by atoms with van der Waals surface area (Å²) in [6.07, 6.45) is -12.6. The predicted octanol–water partition coefficient (Wildman–Crippen LogP) is 5.79. The Morgan fingerprint density at radius 3 is 1.51 bits per heavy atom. The number of hydrogen-bond donors (Lipinski definition) is 5. The van der Waals surface area contributed by atoms with Gasteiger partial charge in [-0.1, -0.05) is 0 Å². The number of aliphatic carboxylic acids is 1. The summed E-state index contributed by atoms with van der Waals surface area (Å²) in [5.41, 5.74) is -2.22. The Morgan fingerprint density at radius 1 is 0.671 bits per heavy atom. The molecule has 73 heavy (non-hydrogen) atoms. The van der Waals surface area contributed by atoms with Gasteiger partial charge in [0.05, 0.1) is 19.5 Å². The second-order valence-corrected chi connectivity index (χ2v) is 17.8. The fourth-order valence-electron chi connectivity index (χ4n) is 6.70. The van der Waals surface area contributed by atoms with Gasteiger partial charge in [-0.2, -0.15) is 26.3 Å². The maximum Gasteiger partial charge on any atom is 0.451 e. The Balaban J connectivity index is 0.000000315. The number of carbonyl (C=O) groups is 4. The normalized spacial score (nSPS) is 14.4. The zero-order valence-electron chi connectivity index (χ0n) is 40.6. The van der Waals surface area contributed by atoms with E-state index in [-0.39, 0.29) is 64.0 Å². The van der Waals surface area contributed by atoms with Crippen LogP contribution in [-0.4, -0.2) is 114 Å². The zero-order valence-corrected chi connectivity index (χ0v) is 39.6. The van der Waals surface area contributed by atoms with E-state index >= 15 is 0 Å². The molecule has 0 fully saturated rings. The number of carbonyl (C=O) groups excluding carboxylic acids is 3. The van der Waals surface area contributed by atoms with Crippen LogP contribution in [0.15, 0.2) is 24.3 Å². The monoisotopic (exact) mass is 1060 g/mol. The van der Waals surface area contributed by atoms with Crippen LogP contribution in [-0.2, 0) is 70.4 Å². The van der Waals surface area contributed by atoms with Crippen molar-refractivity contribution in [3.05, 3.63) is 93.6 Å². The number of nitrogens with zero attached hydrogens (tertiary/aromatic N) is 7. The van der Waals surface area contributed by atoms with Gasteiger partial charge in [0, 0.05) is 58.2 Å². The van der Waals surface area contributed by atoms with Gasteiger partial charge in [0.25, 0.3) is 8.01 Å². The number of carboxylic acids is 1. The molecule has 2 aliphatic heterocycles. The lowest BCUT2D eigenvalue weighted by Gasteiger charge is -2.30. The molecule has 18 nitrogen and oxygen atoms in total. The molecule has 5 N–H and O–H groups in total. The highest BCUT2D eigenvalue weighted by molar-refractivity contribution is 5.95. The molecule has 1 radical (unpaired) electrons. The number of alkyl halides is 6. The molecule has 403 valence electrons. The highest BCUT2D eigenvalue weighted by atomic mass is 19.4. The molecule has 0 unspecified atom stereocenters. The molecule has 3 amide bonds. The number of nitrogens with one attached hydrogen (secondary N) is 3. The van der Waals surface area contributed by atoms with Crippen LogP contribution in [0.3, 0.4) is 0 Å². The first-order valence-electron chi connectivity index (χ1n) is 22.0. The topological polar surface area (TPSA) is 228 Å². The van der Waals surface area contributed by atoms with Crippen molar-refractivity contribution in [3.8, 4) is 0 Å². The highest BCUT2D eigenvalue weighted by Crippen LogP contribution is 2.30. The second kappa shape index (κ2) is 25.3. The smallest absolute Gasteiger partial charge is 0.451 e. The first-order valence-corrected chi connectivity index (χ1v) is 21.4. The number of hydrogen-bond acceptors (Lipinski definition) is 12. The maximum absolute atomic E-state index is 14.2. The third-order valence-corrected chi connectivity index (χ3v) is 9.63. The van der Waals surface area contributed by atoms with Crippen LogP contribution in [0.1, 0.15) is 88.8 Å². The van der Waals surface area contributed by atoms with Crippen molar-refractivity contribution in [3.63, 3.8) is 0 Å². The molecule has 31 heteroatoms. The van der Waals surface area contributed by atoms with Crippen LogP contribution in [0.25, 0.3) is 0 Å². The number of fused-ring (bicyclic) bond motifs is 2. The molecule has 4 heterocycles. The number of ether oxygens (including phenoxy) is 2. The Kier molecular flexibility index (Phi) is 20.4. The van der Waals surface area contributed by atoms with Crippen molar-refractivity contribution in [2.75, 3.05) is 13.1 Å². The van der Waals surface area contributed by atoms with E-state index in [1.807, 2.05) is 0 Å². The van der Waals surface area contributed by atoms with E-state index in [4.69, 9.17) is 20.9 Å². The Labute approximate surface area is 410 Å². The van der Waals surface area contributed by atoms with Gasteiger partial charge in [-0.25, -0.2) is 35.9 Å². The number of amides is 3. The molecule has 6 rings (SSSR count). The summed E-state index contributed by atoms with van der Waals surface area (Å²) >= 11 is 0. The van der Waals surface area contributed by atoms with Crippen molar-refractivity contribution in [2.24, 2.45) is 0 Å². The van der Waals surface area contributed by atoms with Crippen LogP contribution >= 0.6 is 0 Å². The van der Waals surface area contributed by atoms with Gasteiger partial charge >= 0.3 is 30.5 Å². The van der Waals surface area contributed by atoms with Gasteiger partial charge in [-0.3, -0.25) is 9.59 Å². The third-order valence-electron chi connectivity index (χ3n) is 9.63. The molecule has 0 spiro atoms. The Morgan fingerprint density at radius 2 is 1.08 bits per heavy atom. The highest BCUT2D eigenvalue weighted by Gasteiger charge is 2.41. The van der Waals surface area contributed by atoms with E-state index in [1.54, 1.807) is 41.5 Å². The van der Waals surface area contributed by atoms with Crippen molar-refractivity contribution in [1.82, 2.24) is 50.4 Å². The lowest BCUT2D eigenvalue weighted by molar-refractivity contribution is -0.148. The summed E-state index contributed by atoms with van der Waals surface area (Å²) < 4.78 is 175. The van der Waals surface area contributed by atoms with Gasteiger partial charge in [-0.15, -0.1) is 20.4 Å². The second-order valence-electron chi connectivity index (χ2n) is 17.8. The largest absolute Gasteiger partial charge is 0.481 e. The maximum atomic E-state index is 14.2. The van der Waals surface area contributed by atoms with Crippen molar-refractivity contribution < 1.29 is 91.5 Å². The minimum Gasteiger partial charge on any atom is -0.481 e. The van der Waals surface area contributed by atoms with Crippen LogP contribution in [0.2, 0.25) is 0 Å². The summed E-state index contributed by atoms with van der Waals surface area (Å²) in [5, 5.41) is 36.8. The number of aromatic nitrogens is 6. The van der Waals surface area contributed by atoms with E-state index in [0.717, 1.165) is 9.13 Å². The van der Waals surface area contributed by atoms with E-state index < -0.39 is 119 Å². The fourth-order valence-corrected chi connectivity index (χ4v) is 6.70. The summed E-state index contributed by atoms with van der Waals surface area (Å²) in [5.74, 6) is -11.0. The SMILES string of the molecule is CC(C)(C)OC(=O)N[C@@H](CC(=O)N1CCn2c(nnc2C(F)(F)F)C1)Cc1cc(F)c(F)cc1F.CC(C)(C)OC(=O)N[C@@H](CC(=O)O)Cc1cc(F)c(F)cc1F.FC(F)(F)c1nnc2n1CCNC2.[3H][B]O. The first kappa shape index (κ1) is 58.9. The molecule has 0 bridgehead atoms. The molecule has 2 aromatic carbocycles. The van der Waals surface area contributed by atoms with Crippen molar-refractivity contribution in [1.29, 1.82) is 1.34 Å². The zero-order chi connectivity index (χ0) is 56.1. The van der Waals surface area contributed by atoms with Crippen LogP contribution in [0, 0.1) is 34.9 Å². The van der Waals surface area contributed by atoms with E-state index in [1.165, 1.54) is 4.90 Å². The van der Waals surface area contributed by atoms with Crippen LogP contribution in [0.4, 0.5) is 62.3 Å².